The second-order valence-corrected chi connectivity index (χ2v) is 6.34. The van der Waals surface area contributed by atoms with Crippen molar-refractivity contribution in [1.82, 2.24) is 19.5 Å². The Labute approximate surface area is 161 Å². The van der Waals surface area contributed by atoms with Crippen molar-refractivity contribution in [3.63, 3.8) is 0 Å². The number of rotatable bonds is 4. The molecule has 5 aromatic rings. The molecule has 0 saturated carbocycles. The fourth-order valence-electron chi connectivity index (χ4n) is 3.12. The minimum Gasteiger partial charge on any atom is -0.439 e. The Bertz CT molecular complexity index is 1250. The lowest BCUT2D eigenvalue weighted by Crippen LogP contribution is -1.93. The molecule has 0 aliphatic carbocycles. The van der Waals surface area contributed by atoms with E-state index in [1.807, 2.05) is 73.1 Å². The van der Waals surface area contributed by atoms with Crippen LogP contribution in [-0.4, -0.2) is 19.5 Å². The van der Waals surface area contributed by atoms with E-state index in [1.165, 1.54) is 6.33 Å². The molecule has 134 valence electrons. The molecule has 0 atom stereocenters. The lowest BCUT2D eigenvalue weighted by atomic mass is 10.1. The predicted octanol–water partition coefficient (Wildman–Crippen LogP) is 5.27. The smallest absolute Gasteiger partial charge is 0.222 e. The van der Waals surface area contributed by atoms with Crippen molar-refractivity contribution in [2.75, 3.05) is 0 Å². The van der Waals surface area contributed by atoms with Gasteiger partial charge in [-0.15, -0.1) is 0 Å². The summed E-state index contributed by atoms with van der Waals surface area (Å²) in [6, 6.07) is 23.8. The van der Waals surface area contributed by atoms with Gasteiger partial charge in [-0.05, 0) is 42.5 Å². The lowest BCUT2D eigenvalue weighted by molar-refractivity contribution is 0.462. The van der Waals surface area contributed by atoms with Crippen LogP contribution >= 0.6 is 0 Å². The SMILES string of the molecule is c1cc(-c2cc(Oc3ccc4cccnc4c3)ncn2)cc(-n2cccc2)c1. The average Bonchev–Trinajstić information content (AvgIpc) is 3.29. The van der Waals surface area contributed by atoms with Gasteiger partial charge in [0.1, 0.15) is 12.1 Å². The second kappa shape index (κ2) is 6.96. The number of hydrogen-bond donors (Lipinski definition) is 0. The minimum atomic E-state index is 0.492. The molecule has 0 saturated heterocycles. The van der Waals surface area contributed by atoms with Crippen molar-refractivity contribution in [1.29, 1.82) is 0 Å². The van der Waals surface area contributed by atoms with Gasteiger partial charge in [-0.3, -0.25) is 4.98 Å². The van der Waals surface area contributed by atoms with E-state index in [-0.39, 0.29) is 0 Å². The number of pyridine rings is 1. The molecule has 3 heterocycles. The number of hydrogen-bond acceptors (Lipinski definition) is 4. The standard InChI is InChI=1S/C23H16N4O/c1-2-12-27(11-1)19-7-3-5-18(13-19)22-15-23(26-16-25-22)28-20-9-8-17-6-4-10-24-21(17)14-20/h1-16H. The van der Waals surface area contributed by atoms with Crippen molar-refractivity contribution in [2.24, 2.45) is 0 Å². The molecule has 0 unspecified atom stereocenters. The van der Waals surface area contributed by atoms with Gasteiger partial charge in [0, 0.05) is 47.4 Å². The zero-order valence-corrected chi connectivity index (χ0v) is 14.9. The Hall–Kier alpha value is -3.99. The maximum absolute atomic E-state index is 5.95. The van der Waals surface area contributed by atoms with Gasteiger partial charge in [-0.2, -0.15) is 0 Å². The highest BCUT2D eigenvalue weighted by atomic mass is 16.5. The van der Waals surface area contributed by atoms with Crippen LogP contribution in [0.1, 0.15) is 0 Å². The zero-order valence-electron chi connectivity index (χ0n) is 14.9. The molecular weight excluding hydrogens is 348 g/mol. The third-order valence-electron chi connectivity index (χ3n) is 4.49. The summed E-state index contributed by atoms with van der Waals surface area (Å²) in [5.74, 6) is 1.18. The third kappa shape index (κ3) is 3.21. The highest BCUT2D eigenvalue weighted by Crippen LogP contribution is 2.27. The Morgan fingerprint density at radius 2 is 1.68 bits per heavy atom. The molecule has 28 heavy (non-hydrogen) atoms. The molecule has 0 amide bonds. The molecule has 0 aliphatic heterocycles. The molecule has 0 bridgehead atoms. The highest BCUT2D eigenvalue weighted by Gasteiger charge is 2.06. The maximum atomic E-state index is 5.95. The number of benzene rings is 2. The molecule has 3 aromatic heterocycles. The summed E-state index contributed by atoms with van der Waals surface area (Å²) in [6.07, 6.45) is 7.32. The van der Waals surface area contributed by atoms with Crippen LogP contribution in [0.3, 0.4) is 0 Å². The molecule has 0 radical (unpaired) electrons. The van der Waals surface area contributed by atoms with Crippen LogP contribution in [0.25, 0.3) is 27.8 Å². The Morgan fingerprint density at radius 1 is 0.750 bits per heavy atom. The number of fused-ring (bicyclic) bond motifs is 1. The summed E-state index contributed by atoms with van der Waals surface area (Å²) >= 11 is 0. The van der Waals surface area contributed by atoms with E-state index in [2.05, 4.69) is 31.7 Å². The van der Waals surface area contributed by atoms with Crippen molar-refractivity contribution in [2.45, 2.75) is 0 Å². The summed E-state index contributed by atoms with van der Waals surface area (Å²) < 4.78 is 8.01. The van der Waals surface area contributed by atoms with E-state index in [4.69, 9.17) is 4.74 Å². The first-order chi connectivity index (χ1) is 13.8. The monoisotopic (exact) mass is 364 g/mol. The van der Waals surface area contributed by atoms with Crippen LogP contribution in [0, 0.1) is 0 Å². The van der Waals surface area contributed by atoms with Crippen LogP contribution in [0.4, 0.5) is 0 Å². The Balaban J connectivity index is 1.45. The summed E-state index contributed by atoms with van der Waals surface area (Å²) in [5, 5.41) is 1.07. The maximum Gasteiger partial charge on any atom is 0.222 e. The van der Waals surface area contributed by atoms with Crippen LogP contribution < -0.4 is 4.74 Å². The Morgan fingerprint density at radius 3 is 2.61 bits per heavy atom. The third-order valence-corrected chi connectivity index (χ3v) is 4.49. The van der Waals surface area contributed by atoms with Gasteiger partial charge in [-0.25, -0.2) is 9.97 Å². The van der Waals surface area contributed by atoms with E-state index in [0.717, 1.165) is 27.8 Å². The van der Waals surface area contributed by atoms with Crippen LogP contribution in [-0.2, 0) is 0 Å². The van der Waals surface area contributed by atoms with Crippen molar-refractivity contribution >= 4 is 10.9 Å². The lowest BCUT2D eigenvalue weighted by Gasteiger charge is -2.08. The molecular formula is C23H16N4O. The van der Waals surface area contributed by atoms with Crippen molar-refractivity contribution in [3.05, 3.63) is 97.7 Å². The van der Waals surface area contributed by atoms with E-state index in [1.54, 1.807) is 6.20 Å². The van der Waals surface area contributed by atoms with Gasteiger partial charge in [0.25, 0.3) is 0 Å². The topological polar surface area (TPSA) is 52.8 Å². The molecule has 5 rings (SSSR count). The number of nitrogens with zero attached hydrogens (tertiary/aromatic N) is 4. The largest absolute Gasteiger partial charge is 0.439 e. The van der Waals surface area contributed by atoms with Crippen LogP contribution in [0.15, 0.2) is 97.7 Å². The average molecular weight is 364 g/mol. The second-order valence-electron chi connectivity index (χ2n) is 6.34. The summed E-state index contributed by atoms with van der Waals surface area (Å²) in [6.45, 7) is 0. The number of aromatic nitrogens is 4. The summed E-state index contributed by atoms with van der Waals surface area (Å²) in [7, 11) is 0. The van der Waals surface area contributed by atoms with Gasteiger partial charge in [0.2, 0.25) is 5.88 Å². The van der Waals surface area contributed by atoms with Gasteiger partial charge >= 0.3 is 0 Å². The molecule has 5 nitrogen and oxygen atoms in total. The summed E-state index contributed by atoms with van der Waals surface area (Å²) in [4.78, 5) is 13.0. The molecule has 0 aliphatic rings. The van der Waals surface area contributed by atoms with Crippen LogP contribution in [0.5, 0.6) is 11.6 Å². The van der Waals surface area contributed by atoms with E-state index in [9.17, 15) is 0 Å². The number of ether oxygens (including phenoxy) is 1. The normalized spacial score (nSPS) is 10.9. The zero-order chi connectivity index (χ0) is 18.8. The van der Waals surface area contributed by atoms with Gasteiger partial charge in [0.15, 0.2) is 0 Å². The van der Waals surface area contributed by atoms with E-state index in [0.29, 0.717) is 11.6 Å². The summed E-state index contributed by atoms with van der Waals surface area (Å²) in [5.41, 5.74) is 3.76. The molecule has 0 fully saturated rings. The fourth-order valence-corrected chi connectivity index (χ4v) is 3.12. The van der Waals surface area contributed by atoms with Crippen molar-refractivity contribution < 1.29 is 4.74 Å². The first kappa shape index (κ1) is 16.2. The Kier molecular flexibility index (Phi) is 4.03. The van der Waals surface area contributed by atoms with Crippen molar-refractivity contribution in [3.8, 4) is 28.6 Å². The molecule has 0 N–H and O–H groups in total. The van der Waals surface area contributed by atoms with Gasteiger partial charge < -0.3 is 9.30 Å². The molecule has 0 spiro atoms. The first-order valence-corrected chi connectivity index (χ1v) is 8.94. The van der Waals surface area contributed by atoms with E-state index < -0.39 is 0 Å². The first-order valence-electron chi connectivity index (χ1n) is 8.94. The minimum absolute atomic E-state index is 0.492. The highest BCUT2D eigenvalue weighted by molar-refractivity contribution is 5.79. The predicted molar refractivity (Wildman–Crippen MR) is 109 cm³/mol. The fraction of sp³-hybridized carbons (Fsp3) is 0. The quantitative estimate of drug-likeness (QED) is 0.436. The van der Waals surface area contributed by atoms with Crippen LogP contribution in [0.2, 0.25) is 0 Å². The van der Waals surface area contributed by atoms with E-state index >= 15 is 0 Å². The van der Waals surface area contributed by atoms with Gasteiger partial charge in [0.05, 0.1) is 11.2 Å². The molecule has 2 aromatic carbocycles. The van der Waals surface area contributed by atoms with Gasteiger partial charge in [-0.1, -0.05) is 18.2 Å². The molecule has 5 heteroatoms.